The number of aromatic amines is 1. The lowest BCUT2D eigenvalue weighted by Crippen LogP contribution is -2.73. The molecular weight excluding hydrogens is 928 g/mol. The molecule has 0 unspecified atom stereocenters. The molecule has 5 aromatic carbocycles. The number of nitrogens with two attached hydrogens (primary N) is 1. The Morgan fingerprint density at radius 3 is 1.93 bits per heavy atom. The van der Waals surface area contributed by atoms with Crippen LogP contribution in [0.25, 0.3) is 32.8 Å². The number of amides is 5. The number of aryl methyl sites for hydroxylation is 1. The Kier molecular flexibility index (Phi) is 11.0. The first-order valence-electron chi connectivity index (χ1n) is 24.0. The molecule has 3 saturated carbocycles. The molecule has 13 nitrogen and oxygen atoms in total. The summed E-state index contributed by atoms with van der Waals surface area (Å²) in [4.78, 5) is 79.9. The summed E-state index contributed by atoms with van der Waals surface area (Å²) < 4.78 is 5.90. The molecule has 5 amide bonds. The lowest BCUT2D eigenvalue weighted by atomic mass is 9.34. The minimum atomic E-state index is -1.18. The van der Waals surface area contributed by atoms with Crippen LogP contribution < -0.4 is 25.8 Å². The number of halogens is 2. The second-order valence-corrected chi connectivity index (χ2v) is 21.1. The Hall–Kier alpha value is -6.57. The van der Waals surface area contributed by atoms with Gasteiger partial charge in [0.25, 0.3) is 5.91 Å². The minimum absolute atomic E-state index is 0.0421. The van der Waals surface area contributed by atoms with Crippen LogP contribution in [-0.2, 0) is 23.9 Å². The van der Waals surface area contributed by atoms with E-state index in [-0.39, 0.29) is 54.3 Å². The molecule has 1 aromatic heterocycles. The number of alkyl carbamates (subject to hydrolysis) is 1. The normalized spacial score (nSPS) is 22.4. The highest BCUT2D eigenvalue weighted by Crippen LogP contribution is 2.75. The summed E-state index contributed by atoms with van der Waals surface area (Å²) in [7, 11) is 0. The van der Waals surface area contributed by atoms with Gasteiger partial charge in [0.1, 0.15) is 24.4 Å². The fraction of sp³-hybridized carbons (Fsp3) is 0.364. The Morgan fingerprint density at radius 1 is 0.814 bits per heavy atom. The van der Waals surface area contributed by atoms with Gasteiger partial charge in [-0.15, -0.1) is 23.2 Å². The SMILES string of the molecule is Cc1c[nH]c2c(O)cc3c(c12)[C@H](CCl)CN3C(=O)C12CC(C(=O)N3C[C@@H](CCl)c4c3cc(N(C(=O)[C@@H](NC(=O)OCC3c5ccccc5-c5ccccc53)C(C)C)[C@@H](C)C(N)=O)c3ccccc43)(C1)C2. The zero-order chi connectivity index (χ0) is 49.1. The molecule has 3 heterocycles. The number of carbonyl (C=O) groups is 5. The third kappa shape index (κ3) is 6.74. The van der Waals surface area contributed by atoms with E-state index in [4.69, 9.17) is 33.7 Å². The number of rotatable bonds is 12. The van der Waals surface area contributed by atoms with Gasteiger partial charge in [-0.3, -0.25) is 24.1 Å². The summed E-state index contributed by atoms with van der Waals surface area (Å²) in [5.41, 5.74) is 13.7. The Bertz CT molecular complexity index is 3160. The predicted molar refractivity (Wildman–Crippen MR) is 272 cm³/mol. The van der Waals surface area contributed by atoms with E-state index < -0.39 is 46.7 Å². The molecule has 2 bridgehead atoms. The number of carbonyl (C=O) groups excluding carboxylic acids is 5. The number of primary amides is 1. The summed E-state index contributed by atoms with van der Waals surface area (Å²) in [5, 5.41) is 16.1. The van der Waals surface area contributed by atoms with Crippen molar-refractivity contribution in [3.05, 3.63) is 119 Å². The van der Waals surface area contributed by atoms with Crippen LogP contribution in [0.1, 0.15) is 85.6 Å². The number of hydrogen-bond acceptors (Lipinski definition) is 7. The third-order valence-electron chi connectivity index (χ3n) is 16.0. The van der Waals surface area contributed by atoms with Crippen LogP contribution in [0.2, 0.25) is 0 Å². The largest absolute Gasteiger partial charge is 0.506 e. The number of benzene rings is 5. The molecule has 360 valence electrons. The third-order valence-corrected chi connectivity index (χ3v) is 16.8. The maximum Gasteiger partial charge on any atom is 0.407 e. The smallest absolute Gasteiger partial charge is 0.407 e. The van der Waals surface area contributed by atoms with Crippen LogP contribution >= 0.6 is 23.2 Å². The number of aromatic hydroxyl groups is 1. The topological polar surface area (TPSA) is 178 Å². The highest BCUT2D eigenvalue weighted by molar-refractivity contribution is 6.21. The average Bonchev–Trinajstić information content (AvgIpc) is 4.09. The van der Waals surface area contributed by atoms with Gasteiger partial charge in [-0.05, 0) is 89.4 Å². The molecule has 0 saturated heterocycles. The number of phenolic OH excluding ortho intramolecular Hbond substituents is 1. The van der Waals surface area contributed by atoms with Crippen molar-refractivity contribution < 1.29 is 33.8 Å². The quantitative estimate of drug-likeness (QED) is 0.0883. The summed E-state index contributed by atoms with van der Waals surface area (Å²) in [6.45, 7) is 7.83. The van der Waals surface area contributed by atoms with Crippen molar-refractivity contribution in [3.63, 3.8) is 0 Å². The molecule has 5 N–H and O–H groups in total. The molecule has 4 aliphatic carbocycles. The molecule has 2 aliphatic heterocycles. The standard InChI is InChI=1S/C55H54Cl2N6O7/c1-28(2)47(60-53(69)70-24-39-35-13-7-5-11-33(35)34-12-6-8-14-36(34)39)50(66)63(30(4)49(58)65)40-17-41-45(38-16-10-9-15-37(38)40)31(19-56)22-61(41)51(67)54-25-55(26-54,27-54)52(68)62-23-32(20-57)46-42(62)18-43(64)48-44(46)29(3)21-59-48/h5-18,21,28,30-32,39,47,59,64H,19-20,22-27H2,1-4H3,(H2,58,65)(H,60,69)/t30-,31+,32+,47-,54?,55?/m0/s1. The lowest BCUT2D eigenvalue weighted by Gasteiger charge is -2.69. The van der Waals surface area contributed by atoms with Gasteiger partial charge < -0.3 is 35.7 Å². The van der Waals surface area contributed by atoms with Gasteiger partial charge in [-0.2, -0.15) is 0 Å². The number of fused-ring (bicyclic) bond motifs is 9. The number of hydrogen-bond donors (Lipinski definition) is 4. The van der Waals surface area contributed by atoms with E-state index in [1.807, 2.05) is 73.8 Å². The van der Waals surface area contributed by atoms with Gasteiger partial charge in [0.2, 0.25) is 17.7 Å². The highest BCUT2D eigenvalue weighted by Gasteiger charge is 2.76. The fourth-order valence-electron chi connectivity index (χ4n) is 12.7. The number of aromatic nitrogens is 1. The van der Waals surface area contributed by atoms with Gasteiger partial charge in [-0.25, -0.2) is 4.79 Å². The van der Waals surface area contributed by atoms with E-state index in [1.54, 1.807) is 42.7 Å². The van der Waals surface area contributed by atoms with Crippen molar-refractivity contribution in [3.8, 4) is 16.9 Å². The van der Waals surface area contributed by atoms with Crippen molar-refractivity contribution in [1.82, 2.24) is 10.3 Å². The summed E-state index contributed by atoms with van der Waals surface area (Å²) in [6, 6.07) is 24.7. The van der Waals surface area contributed by atoms with Gasteiger partial charge >= 0.3 is 6.09 Å². The number of alkyl halides is 2. The van der Waals surface area contributed by atoms with Gasteiger partial charge in [0.15, 0.2) is 0 Å². The van der Waals surface area contributed by atoms with Gasteiger partial charge in [0, 0.05) is 71.3 Å². The van der Waals surface area contributed by atoms with E-state index in [9.17, 15) is 19.5 Å². The van der Waals surface area contributed by atoms with Crippen molar-refractivity contribution >= 4 is 91.7 Å². The molecule has 15 heteroatoms. The van der Waals surface area contributed by atoms with Crippen LogP contribution in [0.4, 0.5) is 21.9 Å². The zero-order valence-corrected chi connectivity index (χ0v) is 40.9. The van der Waals surface area contributed by atoms with Crippen LogP contribution in [0.3, 0.4) is 0 Å². The van der Waals surface area contributed by atoms with Crippen molar-refractivity contribution in [2.45, 2.75) is 76.8 Å². The highest BCUT2D eigenvalue weighted by atomic mass is 35.5. The van der Waals surface area contributed by atoms with Crippen molar-refractivity contribution in [2.24, 2.45) is 22.5 Å². The van der Waals surface area contributed by atoms with E-state index in [2.05, 4.69) is 22.4 Å². The molecule has 6 aliphatic rings. The minimum Gasteiger partial charge on any atom is -0.506 e. The Balaban J connectivity index is 0.876. The van der Waals surface area contributed by atoms with Crippen LogP contribution in [0, 0.1) is 23.7 Å². The van der Waals surface area contributed by atoms with Crippen LogP contribution in [-0.4, -0.2) is 83.4 Å². The number of anilines is 3. The zero-order valence-electron chi connectivity index (χ0n) is 39.4. The first kappa shape index (κ1) is 45.8. The van der Waals surface area contributed by atoms with E-state index in [0.717, 1.165) is 49.7 Å². The molecule has 0 radical (unpaired) electrons. The van der Waals surface area contributed by atoms with E-state index in [0.29, 0.717) is 59.7 Å². The second kappa shape index (κ2) is 16.8. The average molecular weight is 982 g/mol. The molecular formula is C55H54Cl2N6O7. The molecule has 6 aromatic rings. The predicted octanol–water partition coefficient (Wildman–Crippen LogP) is 9.31. The Morgan fingerprint density at radius 2 is 1.36 bits per heavy atom. The van der Waals surface area contributed by atoms with E-state index in [1.165, 1.54) is 4.90 Å². The van der Waals surface area contributed by atoms with E-state index >= 15 is 9.59 Å². The number of ether oxygens (including phenoxy) is 1. The Labute approximate surface area is 415 Å². The first-order chi connectivity index (χ1) is 33.6. The molecule has 0 spiro atoms. The fourth-order valence-corrected chi connectivity index (χ4v) is 13.2. The monoisotopic (exact) mass is 980 g/mol. The molecule has 70 heavy (non-hydrogen) atoms. The lowest BCUT2D eigenvalue weighted by molar-refractivity contribution is -0.205. The van der Waals surface area contributed by atoms with Crippen molar-refractivity contribution in [1.29, 1.82) is 0 Å². The number of nitrogens with one attached hydrogen (secondary N) is 2. The number of phenols is 1. The maximum atomic E-state index is 15.2. The number of H-pyrrole nitrogens is 1. The molecule has 4 atom stereocenters. The summed E-state index contributed by atoms with van der Waals surface area (Å²) in [6.07, 6.45) is 2.16. The van der Waals surface area contributed by atoms with Crippen molar-refractivity contribution in [2.75, 3.05) is 46.2 Å². The van der Waals surface area contributed by atoms with Crippen LogP contribution in [0.15, 0.2) is 91.1 Å². The second-order valence-electron chi connectivity index (χ2n) is 20.5. The summed E-state index contributed by atoms with van der Waals surface area (Å²) >= 11 is 13.2. The van der Waals surface area contributed by atoms with Gasteiger partial charge in [0.05, 0.1) is 27.7 Å². The molecule has 3 fully saturated rings. The van der Waals surface area contributed by atoms with Crippen LogP contribution in [0.5, 0.6) is 5.75 Å². The molecule has 12 rings (SSSR count). The number of nitrogens with zero attached hydrogens (tertiary/aromatic N) is 3. The summed E-state index contributed by atoms with van der Waals surface area (Å²) in [5.74, 6) is -1.99. The van der Waals surface area contributed by atoms with Gasteiger partial charge in [-0.1, -0.05) is 86.6 Å². The first-order valence-corrected chi connectivity index (χ1v) is 25.1. The maximum absolute atomic E-state index is 15.2.